The lowest BCUT2D eigenvalue weighted by Crippen LogP contribution is -2.45. The zero-order valence-corrected chi connectivity index (χ0v) is 17.6. The van der Waals surface area contributed by atoms with Crippen LogP contribution in [0.25, 0.3) is 0 Å². The van der Waals surface area contributed by atoms with Gasteiger partial charge in [0, 0.05) is 25.7 Å². The van der Waals surface area contributed by atoms with Gasteiger partial charge in [-0.05, 0) is 43.9 Å². The molecular formula is C22H29N3O3S. The van der Waals surface area contributed by atoms with Crippen molar-refractivity contribution >= 4 is 16.1 Å². The molecule has 1 fully saturated rings. The predicted molar refractivity (Wildman–Crippen MR) is 114 cm³/mol. The molecule has 3 rings (SSSR count). The summed E-state index contributed by atoms with van der Waals surface area (Å²) in [5.74, 6) is 0. The highest BCUT2D eigenvalue weighted by molar-refractivity contribution is 7.89. The van der Waals surface area contributed by atoms with Gasteiger partial charge < -0.3 is 10.6 Å². The molecule has 156 valence electrons. The molecule has 0 saturated carbocycles. The van der Waals surface area contributed by atoms with Crippen molar-refractivity contribution in [2.45, 2.75) is 50.1 Å². The van der Waals surface area contributed by atoms with Crippen molar-refractivity contribution in [2.75, 3.05) is 13.1 Å². The first kappa shape index (κ1) is 21.3. The van der Waals surface area contributed by atoms with Gasteiger partial charge in [0.25, 0.3) is 0 Å². The number of carbonyl (C=O) groups is 1. The van der Waals surface area contributed by atoms with Crippen LogP contribution >= 0.6 is 0 Å². The van der Waals surface area contributed by atoms with Crippen molar-refractivity contribution in [3.8, 4) is 0 Å². The van der Waals surface area contributed by atoms with Gasteiger partial charge in [0.2, 0.25) is 10.0 Å². The maximum atomic E-state index is 13.1. The fraction of sp³-hybridized carbons (Fsp3) is 0.409. The molecule has 1 saturated heterocycles. The molecule has 0 radical (unpaired) electrons. The zero-order chi connectivity index (χ0) is 20.7. The standard InChI is InChI=1S/C22H29N3O3S/c1-18-10-12-21(13-11-18)29(27,28)25-16-6-5-9-20(25)14-15-23-22(26)24-17-19-7-3-2-4-8-19/h2-4,7-8,10-13,20H,5-6,9,14-17H2,1H3,(H2,23,24,26). The van der Waals surface area contributed by atoms with Crippen LogP contribution in [0.1, 0.15) is 36.8 Å². The van der Waals surface area contributed by atoms with Gasteiger partial charge in [0.1, 0.15) is 0 Å². The summed E-state index contributed by atoms with van der Waals surface area (Å²) in [7, 11) is -3.52. The Morgan fingerprint density at radius 3 is 2.48 bits per heavy atom. The maximum Gasteiger partial charge on any atom is 0.315 e. The van der Waals surface area contributed by atoms with Crippen LogP contribution in [0, 0.1) is 6.92 Å². The van der Waals surface area contributed by atoms with E-state index in [9.17, 15) is 13.2 Å². The zero-order valence-electron chi connectivity index (χ0n) is 16.8. The minimum Gasteiger partial charge on any atom is -0.338 e. The fourth-order valence-electron chi connectivity index (χ4n) is 3.62. The summed E-state index contributed by atoms with van der Waals surface area (Å²) in [6.45, 7) is 3.37. The normalized spacial score (nSPS) is 17.6. The number of aryl methyl sites for hydroxylation is 1. The quantitative estimate of drug-likeness (QED) is 0.727. The molecule has 1 aliphatic heterocycles. The Labute approximate surface area is 173 Å². The molecule has 0 spiro atoms. The van der Waals surface area contributed by atoms with Gasteiger partial charge in [-0.25, -0.2) is 13.2 Å². The van der Waals surface area contributed by atoms with E-state index in [1.54, 1.807) is 16.4 Å². The molecule has 6 nitrogen and oxygen atoms in total. The first-order valence-electron chi connectivity index (χ1n) is 10.1. The number of nitrogens with one attached hydrogen (secondary N) is 2. The van der Waals surface area contributed by atoms with Crippen LogP contribution in [-0.2, 0) is 16.6 Å². The average molecular weight is 416 g/mol. The monoisotopic (exact) mass is 415 g/mol. The Morgan fingerprint density at radius 1 is 1.03 bits per heavy atom. The van der Waals surface area contributed by atoms with E-state index in [0.717, 1.165) is 30.4 Å². The van der Waals surface area contributed by atoms with E-state index in [2.05, 4.69) is 10.6 Å². The van der Waals surface area contributed by atoms with Gasteiger partial charge in [-0.1, -0.05) is 54.4 Å². The second kappa shape index (κ2) is 9.89. The summed E-state index contributed by atoms with van der Waals surface area (Å²) in [6.07, 6.45) is 3.29. The number of urea groups is 1. The van der Waals surface area contributed by atoms with Gasteiger partial charge in [0.15, 0.2) is 0 Å². The number of rotatable bonds is 7. The molecule has 0 aliphatic carbocycles. The molecule has 0 aromatic heterocycles. The van der Waals surface area contributed by atoms with E-state index >= 15 is 0 Å². The van der Waals surface area contributed by atoms with E-state index in [4.69, 9.17) is 0 Å². The number of carbonyl (C=O) groups excluding carboxylic acids is 1. The number of sulfonamides is 1. The van der Waals surface area contributed by atoms with Crippen LogP contribution in [0.5, 0.6) is 0 Å². The molecule has 2 aromatic carbocycles. The smallest absolute Gasteiger partial charge is 0.315 e. The highest BCUT2D eigenvalue weighted by Crippen LogP contribution is 2.27. The van der Waals surface area contributed by atoms with Gasteiger partial charge in [-0.15, -0.1) is 0 Å². The molecule has 2 aromatic rings. The van der Waals surface area contributed by atoms with Crippen molar-refractivity contribution in [1.82, 2.24) is 14.9 Å². The highest BCUT2D eigenvalue weighted by Gasteiger charge is 2.33. The first-order chi connectivity index (χ1) is 14.0. The SMILES string of the molecule is Cc1ccc(S(=O)(=O)N2CCCCC2CCNC(=O)NCc2ccccc2)cc1. The Balaban J connectivity index is 1.53. The number of hydrogen-bond donors (Lipinski definition) is 2. The average Bonchev–Trinajstić information content (AvgIpc) is 2.73. The molecular weight excluding hydrogens is 386 g/mol. The highest BCUT2D eigenvalue weighted by atomic mass is 32.2. The Kier molecular flexibility index (Phi) is 7.28. The number of nitrogens with zero attached hydrogens (tertiary/aromatic N) is 1. The molecule has 1 unspecified atom stereocenters. The van der Waals surface area contributed by atoms with Crippen LogP contribution in [-0.4, -0.2) is 37.9 Å². The topological polar surface area (TPSA) is 78.5 Å². The Bertz CT molecular complexity index is 899. The minimum absolute atomic E-state index is 0.0931. The van der Waals surface area contributed by atoms with Gasteiger partial charge in [-0.3, -0.25) is 0 Å². The lowest BCUT2D eigenvalue weighted by Gasteiger charge is -2.34. The van der Waals surface area contributed by atoms with E-state index in [-0.39, 0.29) is 12.1 Å². The van der Waals surface area contributed by atoms with E-state index in [1.807, 2.05) is 49.4 Å². The van der Waals surface area contributed by atoms with Crippen molar-refractivity contribution in [2.24, 2.45) is 0 Å². The van der Waals surface area contributed by atoms with Gasteiger partial charge in [-0.2, -0.15) is 4.31 Å². The van der Waals surface area contributed by atoms with Crippen LogP contribution in [0.2, 0.25) is 0 Å². The lowest BCUT2D eigenvalue weighted by molar-refractivity contribution is 0.228. The molecule has 29 heavy (non-hydrogen) atoms. The third-order valence-corrected chi connectivity index (χ3v) is 7.23. The molecule has 2 N–H and O–H groups in total. The molecule has 0 bridgehead atoms. The predicted octanol–water partition coefficient (Wildman–Crippen LogP) is 3.43. The van der Waals surface area contributed by atoms with Crippen molar-refractivity contribution in [1.29, 1.82) is 0 Å². The summed E-state index contributed by atoms with van der Waals surface area (Å²) in [4.78, 5) is 12.4. The maximum absolute atomic E-state index is 13.1. The summed E-state index contributed by atoms with van der Waals surface area (Å²) in [5, 5.41) is 5.68. The third-order valence-electron chi connectivity index (χ3n) is 5.26. The second-order valence-corrected chi connectivity index (χ2v) is 9.35. The van der Waals surface area contributed by atoms with Crippen LogP contribution < -0.4 is 10.6 Å². The molecule has 1 atom stereocenters. The first-order valence-corrected chi connectivity index (χ1v) is 11.5. The fourth-order valence-corrected chi connectivity index (χ4v) is 5.34. The van der Waals surface area contributed by atoms with E-state index in [1.165, 1.54) is 0 Å². The number of hydrogen-bond acceptors (Lipinski definition) is 3. The molecule has 2 amide bonds. The van der Waals surface area contributed by atoms with Crippen molar-refractivity contribution in [3.63, 3.8) is 0 Å². The number of benzene rings is 2. The summed E-state index contributed by atoms with van der Waals surface area (Å²) >= 11 is 0. The van der Waals surface area contributed by atoms with Crippen LogP contribution in [0.15, 0.2) is 59.5 Å². The summed E-state index contributed by atoms with van der Waals surface area (Å²) < 4.78 is 27.8. The largest absolute Gasteiger partial charge is 0.338 e. The number of amides is 2. The lowest BCUT2D eigenvalue weighted by atomic mass is 10.0. The van der Waals surface area contributed by atoms with Crippen molar-refractivity contribution < 1.29 is 13.2 Å². The summed E-state index contributed by atoms with van der Waals surface area (Å²) in [6, 6.07) is 16.4. The Hall–Kier alpha value is -2.38. The summed E-state index contributed by atoms with van der Waals surface area (Å²) in [5.41, 5.74) is 2.06. The van der Waals surface area contributed by atoms with Crippen LogP contribution in [0.3, 0.4) is 0 Å². The molecule has 1 heterocycles. The van der Waals surface area contributed by atoms with Crippen molar-refractivity contribution in [3.05, 3.63) is 65.7 Å². The van der Waals surface area contributed by atoms with E-state index in [0.29, 0.717) is 31.0 Å². The minimum atomic E-state index is -3.52. The molecule has 7 heteroatoms. The van der Waals surface area contributed by atoms with Crippen LogP contribution in [0.4, 0.5) is 4.79 Å². The molecule has 1 aliphatic rings. The second-order valence-electron chi connectivity index (χ2n) is 7.46. The van der Waals surface area contributed by atoms with Gasteiger partial charge in [0.05, 0.1) is 4.90 Å². The third kappa shape index (κ3) is 5.81. The Morgan fingerprint density at radius 2 is 1.76 bits per heavy atom. The van der Waals surface area contributed by atoms with E-state index < -0.39 is 10.0 Å². The van der Waals surface area contributed by atoms with Gasteiger partial charge >= 0.3 is 6.03 Å². The number of piperidine rings is 1.